The van der Waals surface area contributed by atoms with Crippen LogP contribution in [-0.4, -0.2) is 24.2 Å². The summed E-state index contributed by atoms with van der Waals surface area (Å²) in [5.74, 6) is 4.93. The maximum Gasteiger partial charge on any atom is 0.311 e. The summed E-state index contributed by atoms with van der Waals surface area (Å²) in [6.07, 6.45) is 13.8. The summed E-state index contributed by atoms with van der Waals surface area (Å²) in [6, 6.07) is 0. The van der Waals surface area contributed by atoms with Crippen molar-refractivity contribution in [1.82, 2.24) is 0 Å². The summed E-state index contributed by atoms with van der Waals surface area (Å²) in [5, 5.41) is 9.15. The lowest BCUT2D eigenvalue weighted by Gasteiger charge is -2.55. The lowest BCUT2D eigenvalue weighted by molar-refractivity contribution is -0.168. The Morgan fingerprint density at radius 1 is 0.741 bits per heavy atom. The Labute approximate surface area is 162 Å². The highest BCUT2D eigenvalue weighted by Gasteiger charge is 2.55. The Kier molecular flexibility index (Phi) is 4.32. The van der Waals surface area contributed by atoms with Crippen molar-refractivity contribution < 1.29 is 19.4 Å². The summed E-state index contributed by atoms with van der Waals surface area (Å²) >= 11 is 0. The molecule has 8 rings (SSSR count). The maximum atomic E-state index is 11.8. The first kappa shape index (κ1) is 18.0. The average molecular weight is 375 g/mol. The molecule has 0 radical (unpaired) electrons. The van der Waals surface area contributed by atoms with E-state index in [9.17, 15) is 9.59 Å². The number of rotatable bonds is 2. The largest absolute Gasteiger partial charge is 0.481 e. The van der Waals surface area contributed by atoms with Gasteiger partial charge in [-0.3, -0.25) is 9.59 Å². The highest BCUT2D eigenvalue weighted by molar-refractivity contribution is 5.77. The van der Waals surface area contributed by atoms with Gasteiger partial charge in [-0.1, -0.05) is 0 Å². The van der Waals surface area contributed by atoms with Crippen LogP contribution in [0.15, 0.2) is 0 Å². The van der Waals surface area contributed by atoms with E-state index in [1.165, 1.54) is 51.4 Å². The quantitative estimate of drug-likeness (QED) is 0.722. The Morgan fingerprint density at radius 2 is 1.15 bits per heavy atom. The van der Waals surface area contributed by atoms with Crippen LogP contribution in [0.2, 0.25) is 0 Å². The summed E-state index contributed by atoms with van der Waals surface area (Å²) < 4.78 is 5.00. The summed E-state index contributed by atoms with van der Waals surface area (Å²) in [6.45, 7) is 0. The van der Waals surface area contributed by atoms with Crippen LogP contribution in [0.25, 0.3) is 0 Å². The van der Waals surface area contributed by atoms with Gasteiger partial charge in [-0.05, 0) is 112 Å². The van der Waals surface area contributed by atoms with E-state index in [2.05, 4.69) is 0 Å². The van der Waals surface area contributed by atoms with E-state index < -0.39 is 5.97 Å². The van der Waals surface area contributed by atoms with E-state index in [1.807, 2.05) is 0 Å². The fourth-order valence-electron chi connectivity index (χ4n) is 8.91. The van der Waals surface area contributed by atoms with Gasteiger partial charge in [0, 0.05) is 0 Å². The Bertz CT molecular complexity index is 561. The molecule has 0 atom stereocenters. The monoisotopic (exact) mass is 374 g/mol. The predicted molar refractivity (Wildman–Crippen MR) is 101 cm³/mol. The van der Waals surface area contributed by atoms with E-state index >= 15 is 0 Å². The van der Waals surface area contributed by atoms with Gasteiger partial charge >= 0.3 is 11.9 Å². The SMILES string of the molecule is COC(=O)C12CC3CC(CC(C3)C1)C2.O=C(O)C1C2CC3CC(C2)CC1C3. The second kappa shape index (κ2) is 6.49. The van der Waals surface area contributed by atoms with Gasteiger partial charge in [0.2, 0.25) is 0 Å². The fraction of sp³-hybridized carbons (Fsp3) is 0.913. The van der Waals surface area contributed by atoms with Crippen molar-refractivity contribution in [3.63, 3.8) is 0 Å². The van der Waals surface area contributed by atoms with Crippen LogP contribution in [0.1, 0.15) is 70.6 Å². The molecule has 0 aromatic heterocycles. The first-order valence-corrected chi connectivity index (χ1v) is 11.3. The van der Waals surface area contributed by atoms with Crippen LogP contribution in [-0.2, 0) is 14.3 Å². The van der Waals surface area contributed by atoms with Gasteiger partial charge in [-0.25, -0.2) is 0 Å². The first-order valence-electron chi connectivity index (χ1n) is 11.3. The minimum Gasteiger partial charge on any atom is -0.481 e. The van der Waals surface area contributed by atoms with Gasteiger partial charge in [0.05, 0.1) is 18.4 Å². The van der Waals surface area contributed by atoms with E-state index in [0.29, 0.717) is 11.8 Å². The molecule has 0 saturated heterocycles. The molecule has 0 aromatic carbocycles. The van der Waals surface area contributed by atoms with E-state index in [4.69, 9.17) is 9.84 Å². The molecule has 8 aliphatic rings. The average Bonchev–Trinajstić information content (AvgIpc) is 2.59. The number of carbonyl (C=O) groups excluding carboxylic acids is 1. The minimum absolute atomic E-state index is 0.0211. The van der Waals surface area contributed by atoms with Crippen molar-refractivity contribution in [3.05, 3.63) is 0 Å². The number of methoxy groups -OCH3 is 1. The van der Waals surface area contributed by atoms with Gasteiger partial charge in [-0.2, -0.15) is 0 Å². The Balaban J connectivity index is 0.000000119. The molecular weight excluding hydrogens is 340 g/mol. The number of ether oxygens (including phenoxy) is 1. The molecule has 0 aliphatic heterocycles. The van der Waals surface area contributed by atoms with E-state index in [1.54, 1.807) is 7.11 Å². The third kappa shape index (κ3) is 3.02. The van der Waals surface area contributed by atoms with Gasteiger partial charge in [0.25, 0.3) is 0 Å². The highest BCUT2D eigenvalue weighted by Crippen LogP contribution is 2.60. The smallest absolute Gasteiger partial charge is 0.311 e. The van der Waals surface area contributed by atoms with Gasteiger partial charge in [0.15, 0.2) is 0 Å². The van der Waals surface area contributed by atoms with Crippen molar-refractivity contribution >= 4 is 11.9 Å². The molecule has 0 amide bonds. The van der Waals surface area contributed by atoms with Crippen molar-refractivity contribution in [2.45, 2.75) is 70.6 Å². The molecule has 0 spiro atoms. The summed E-state index contributed by atoms with van der Waals surface area (Å²) in [7, 11) is 1.54. The first-order chi connectivity index (χ1) is 13.0. The molecule has 8 fully saturated rings. The van der Waals surface area contributed by atoms with Crippen LogP contribution in [0, 0.1) is 52.8 Å². The van der Waals surface area contributed by atoms with Crippen LogP contribution in [0.5, 0.6) is 0 Å². The molecule has 8 aliphatic carbocycles. The van der Waals surface area contributed by atoms with Crippen molar-refractivity contribution in [2.75, 3.05) is 7.11 Å². The fourth-order valence-corrected chi connectivity index (χ4v) is 8.91. The van der Waals surface area contributed by atoms with E-state index in [-0.39, 0.29) is 17.3 Å². The second-order valence-corrected chi connectivity index (χ2v) is 11.0. The zero-order valence-electron chi connectivity index (χ0n) is 16.6. The topological polar surface area (TPSA) is 63.6 Å². The third-order valence-corrected chi connectivity index (χ3v) is 9.17. The Morgan fingerprint density at radius 3 is 1.52 bits per heavy atom. The molecule has 150 valence electrons. The molecule has 8 bridgehead atoms. The summed E-state index contributed by atoms with van der Waals surface area (Å²) in [5.41, 5.74) is -0.0521. The predicted octanol–water partition coefficient (Wildman–Crippen LogP) is 4.52. The number of carboxylic acid groups (broad SMARTS) is 1. The molecule has 1 N–H and O–H groups in total. The number of hydrogen-bond acceptors (Lipinski definition) is 3. The Hall–Kier alpha value is -1.06. The molecule has 4 nitrogen and oxygen atoms in total. The number of carboxylic acids is 1. The van der Waals surface area contributed by atoms with Crippen molar-refractivity contribution in [3.8, 4) is 0 Å². The minimum atomic E-state index is -0.520. The molecule has 27 heavy (non-hydrogen) atoms. The lowest BCUT2D eigenvalue weighted by atomic mass is 9.49. The zero-order chi connectivity index (χ0) is 18.8. The molecule has 8 saturated carbocycles. The maximum absolute atomic E-state index is 11.8. The molecule has 0 unspecified atom stereocenters. The van der Waals surface area contributed by atoms with Crippen LogP contribution < -0.4 is 0 Å². The zero-order valence-corrected chi connectivity index (χ0v) is 16.6. The second-order valence-electron chi connectivity index (χ2n) is 11.0. The molecular formula is C23H34O4. The molecule has 0 heterocycles. The summed E-state index contributed by atoms with van der Waals surface area (Å²) in [4.78, 5) is 22.9. The number of esters is 1. The van der Waals surface area contributed by atoms with Crippen LogP contribution in [0.4, 0.5) is 0 Å². The van der Waals surface area contributed by atoms with Crippen molar-refractivity contribution in [1.29, 1.82) is 0 Å². The van der Waals surface area contributed by atoms with Crippen LogP contribution >= 0.6 is 0 Å². The highest BCUT2D eigenvalue weighted by atomic mass is 16.5. The third-order valence-electron chi connectivity index (χ3n) is 9.17. The molecule has 0 aromatic rings. The van der Waals surface area contributed by atoms with Gasteiger partial charge < -0.3 is 9.84 Å². The van der Waals surface area contributed by atoms with Gasteiger partial charge in [0.1, 0.15) is 0 Å². The molecule has 4 heteroatoms. The number of carbonyl (C=O) groups is 2. The van der Waals surface area contributed by atoms with Crippen molar-refractivity contribution in [2.24, 2.45) is 52.8 Å². The normalized spacial score (nSPS) is 50.9. The van der Waals surface area contributed by atoms with Gasteiger partial charge in [-0.15, -0.1) is 0 Å². The van der Waals surface area contributed by atoms with Crippen LogP contribution in [0.3, 0.4) is 0 Å². The number of hydrogen-bond donors (Lipinski definition) is 1. The van der Waals surface area contributed by atoms with E-state index in [0.717, 1.165) is 48.9 Å². The lowest BCUT2D eigenvalue weighted by Crippen LogP contribution is -2.50. The number of aliphatic carboxylic acids is 1. The standard InChI is InChI=1S/C12H18O2.C11H16O2/c1-14-11(13)12-5-8-2-9(6-12)4-10(3-8)7-12;12-11(13)10-8-2-6-1-7(4-8)5-9(10)3-6/h8-10H,2-7H2,1H3;6-10H,1-5H2,(H,12,13).